The van der Waals surface area contributed by atoms with Gasteiger partial charge in [-0.1, -0.05) is 22.0 Å². The fourth-order valence-electron chi connectivity index (χ4n) is 1.85. The van der Waals surface area contributed by atoms with Gasteiger partial charge in [0, 0.05) is 16.1 Å². The van der Waals surface area contributed by atoms with E-state index in [1.807, 2.05) is 6.92 Å². The van der Waals surface area contributed by atoms with Gasteiger partial charge in [-0.05, 0) is 44.3 Å². The van der Waals surface area contributed by atoms with E-state index in [0.29, 0.717) is 15.8 Å². The lowest BCUT2D eigenvalue weighted by Gasteiger charge is -2.17. The third kappa shape index (κ3) is 3.16. The molecule has 1 unspecified atom stereocenters. The van der Waals surface area contributed by atoms with Crippen LogP contribution >= 0.6 is 15.9 Å². The molecule has 0 heterocycles. The summed E-state index contributed by atoms with van der Waals surface area (Å²) in [5, 5.41) is 2.95. The highest BCUT2D eigenvalue weighted by atomic mass is 79.9. The maximum atomic E-state index is 13.9. The van der Waals surface area contributed by atoms with Gasteiger partial charge in [-0.25, -0.2) is 8.78 Å². The van der Waals surface area contributed by atoms with Crippen molar-refractivity contribution in [1.82, 2.24) is 5.32 Å². The van der Waals surface area contributed by atoms with Crippen LogP contribution in [0.1, 0.15) is 18.5 Å². The number of rotatable bonds is 4. The SMILES string of the molecule is CNC(C)c1c(F)cccc1Oc1ccc(Br)cc1F. The van der Waals surface area contributed by atoms with E-state index in [2.05, 4.69) is 21.2 Å². The Kier molecular flexibility index (Phi) is 4.73. The summed E-state index contributed by atoms with van der Waals surface area (Å²) in [6.07, 6.45) is 0. The Morgan fingerprint density at radius 3 is 2.50 bits per heavy atom. The maximum absolute atomic E-state index is 13.9. The Balaban J connectivity index is 2.40. The van der Waals surface area contributed by atoms with Crippen LogP contribution in [0.5, 0.6) is 11.5 Å². The Morgan fingerprint density at radius 2 is 1.85 bits per heavy atom. The molecule has 0 aliphatic carbocycles. The predicted octanol–water partition coefficient (Wildman–Crippen LogP) is 4.80. The molecule has 2 aromatic carbocycles. The van der Waals surface area contributed by atoms with E-state index in [1.165, 1.54) is 24.3 Å². The van der Waals surface area contributed by atoms with Gasteiger partial charge in [0.15, 0.2) is 11.6 Å². The first kappa shape index (κ1) is 14.9. The van der Waals surface area contributed by atoms with E-state index in [1.54, 1.807) is 19.2 Å². The maximum Gasteiger partial charge on any atom is 0.166 e. The molecule has 0 fully saturated rings. The van der Waals surface area contributed by atoms with Gasteiger partial charge in [0.25, 0.3) is 0 Å². The molecule has 0 radical (unpaired) electrons. The minimum atomic E-state index is -0.508. The van der Waals surface area contributed by atoms with Crippen molar-refractivity contribution < 1.29 is 13.5 Å². The molecule has 2 nitrogen and oxygen atoms in total. The van der Waals surface area contributed by atoms with E-state index in [0.717, 1.165) is 0 Å². The predicted molar refractivity (Wildman–Crippen MR) is 78.0 cm³/mol. The second kappa shape index (κ2) is 6.33. The number of hydrogen-bond donors (Lipinski definition) is 1. The first-order valence-electron chi connectivity index (χ1n) is 6.11. The third-order valence-corrected chi connectivity index (χ3v) is 3.49. The van der Waals surface area contributed by atoms with Crippen LogP contribution in [0.3, 0.4) is 0 Å². The van der Waals surface area contributed by atoms with E-state index in [4.69, 9.17) is 4.74 Å². The number of halogens is 3. The van der Waals surface area contributed by atoms with Crippen LogP contribution in [0.4, 0.5) is 8.78 Å². The minimum Gasteiger partial charge on any atom is -0.454 e. The van der Waals surface area contributed by atoms with Crippen LogP contribution in [-0.2, 0) is 0 Å². The normalized spacial score (nSPS) is 12.2. The van der Waals surface area contributed by atoms with E-state index < -0.39 is 5.82 Å². The summed E-state index contributed by atoms with van der Waals surface area (Å²) in [5.41, 5.74) is 0.373. The molecule has 0 spiro atoms. The lowest BCUT2D eigenvalue weighted by molar-refractivity contribution is 0.423. The number of nitrogens with one attached hydrogen (secondary N) is 1. The van der Waals surface area contributed by atoms with Gasteiger partial charge < -0.3 is 10.1 Å². The van der Waals surface area contributed by atoms with Gasteiger partial charge in [0.1, 0.15) is 11.6 Å². The molecule has 1 N–H and O–H groups in total. The van der Waals surface area contributed by atoms with Crippen molar-refractivity contribution in [3.8, 4) is 11.5 Å². The van der Waals surface area contributed by atoms with Crippen LogP contribution in [0.25, 0.3) is 0 Å². The van der Waals surface area contributed by atoms with Gasteiger partial charge in [-0.3, -0.25) is 0 Å². The minimum absolute atomic E-state index is 0.0587. The molecule has 0 saturated carbocycles. The van der Waals surface area contributed by atoms with E-state index in [9.17, 15) is 8.78 Å². The Bertz CT molecular complexity index is 619. The number of ether oxygens (including phenoxy) is 1. The molecule has 2 rings (SSSR count). The summed E-state index contributed by atoms with van der Waals surface area (Å²) in [5.74, 6) is -0.537. The summed E-state index contributed by atoms with van der Waals surface area (Å²) in [6, 6.07) is 8.73. The van der Waals surface area contributed by atoms with Crippen molar-refractivity contribution in [3.05, 3.63) is 58.1 Å². The Labute approximate surface area is 124 Å². The second-order valence-corrected chi connectivity index (χ2v) is 5.25. The fraction of sp³-hybridized carbons (Fsp3) is 0.200. The summed E-state index contributed by atoms with van der Waals surface area (Å²) in [7, 11) is 1.72. The molecule has 0 aromatic heterocycles. The highest BCUT2D eigenvalue weighted by molar-refractivity contribution is 9.10. The van der Waals surface area contributed by atoms with Gasteiger partial charge in [0.2, 0.25) is 0 Å². The van der Waals surface area contributed by atoms with Crippen molar-refractivity contribution >= 4 is 15.9 Å². The molecule has 0 aliphatic heterocycles. The lowest BCUT2D eigenvalue weighted by Crippen LogP contribution is -2.15. The van der Waals surface area contributed by atoms with E-state index in [-0.39, 0.29) is 17.6 Å². The molecule has 106 valence electrons. The van der Waals surface area contributed by atoms with Gasteiger partial charge in [0.05, 0.1) is 0 Å². The second-order valence-electron chi connectivity index (χ2n) is 4.34. The standard InChI is InChI=1S/C15H14BrF2NO/c1-9(19-2)15-11(17)4-3-5-14(15)20-13-7-6-10(16)8-12(13)18/h3-9,19H,1-2H3. The fourth-order valence-corrected chi connectivity index (χ4v) is 2.18. The van der Waals surface area contributed by atoms with Crippen LogP contribution in [0.15, 0.2) is 40.9 Å². The van der Waals surface area contributed by atoms with Crippen molar-refractivity contribution in [2.45, 2.75) is 13.0 Å². The summed E-state index contributed by atoms with van der Waals surface area (Å²) in [6.45, 7) is 1.81. The van der Waals surface area contributed by atoms with Gasteiger partial charge in [-0.15, -0.1) is 0 Å². The topological polar surface area (TPSA) is 21.3 Å². The monoisotopic (exact) mass is 341 g/mol. The molecule has 0 bridgehead atoms. The lowest BCUT2D eigenvalue weighted by atomic mass is 10.1. The third-order valence-electron chi connectivity index (χ3n) is 2.99. The molecule has 0 saturated heterocycles. The highest BCUT2D eigenvalue weighted by Crippen LogP contribution is 2.33. The summed E-state index contributed by atoms with van der Waals surface area (Å²) < 4.78 is 33.9. The zero-order valence-electron chi connectivity index (χ0n) is 11.1. The van der Waals surface area contributed by atoms with E-state index >= 15 is 0 Å². The van der Waals surface area contributed by atoms with Crippen LogP contribution in [0.2, 0.25) is 0 Å². The first-order chi connectivity index (χ1) is 9.52. The highest BCUT2D eigenvalue weighted by Gasteiger charge is 2.17. The molecule has 0 aliphatic rings. The molecule has 20 heavy (non-hydrogen) atoms. The molecular formula is C15H14BrF2NO. The number of hydrogen-bond acceptors (Lipinski definition) is 2. The number of benzene rings is 2. The smallest absolute Gasteiger partial charge is 0.166 e. The largest absolute Gasteiger partial charge is 0.454 e. The molecule has 2 aromatic rings. The Hall–Kier alpha value is -1.46. The first-order valence-corrected chi connectivity index (χ1v) is 6.90. The quantitative estimate of drug-likeness (QED) is 0.862. The molecule has 1 atom stereocenters. The zero-order valence-corrected chi connectivity index (χ0v) is 12.7. The van der Waals surface area contributed by atoms with Crippen molar-refractivity contribution in [2.75, 3.05) is 7.05 Å². The molecular weight excluding hydrogens is 328 g/mol. The zero-order chi connectivity index (χ0) is 14.7. The van der Waals surface area contributed by atoms with Crippen LogP contribution in [-0.4, -0.2) is 7.05 Å². The van der Waals surface area contributed by atoms with Crippen LogP contribution < -0.4 is 10.1 Å². The van der Waals surface area contributed by atoms with Gasteiger partial charge >= 0.3 is 0 Å². The molecule has 0 amide bonds. The average molecular weight is 342 g/mol. The Morgan fingerprint density at radius 1 is 1.10 bits per heavy atom. The van der Waals surface area contributed by atoms with Crippen molar-refractivity contribution in [3.63, 3.8) is 0 Å². The van der Waals surface area contributed by atoms with Crippen LogP contribution in [0, 0.1) is 11.6 Å². The molecule has 5 heteroatoms. The van der Waals surface area contributed by atoms with Crippen molar-refractivity contribution in [2.24, 2.45) is 0 Å². The van der Waals surface area contributed by atoms with Gasteiger partial charge in [-0.2, -0.15) is 0 Å². The summed E-state index contributed by atoms with van der Waals surface area (Å²) in [4.78, 5) is 0. The van der Waals surface area contributed by atoms with Crippen molar-refractivity contribution in [1.29, 1.82) is 0 Å². The summed E-state index contributed by atoms with van der Waals surface area (Å²) >= 11 is 3.18. The average Bonchev–Trinajstić information content (AvgIpc) is 2.41.